The molecule has 0 aliphatic heterocycles. The summed E-state index contributed by atoms with van der Waals surface area (Å²) in [6, 6.07) is 14.0. The van der Waals surface area contributed by atoms with Crippen molar-refractivity contribution >= 4 is 11.9 Å². The third-order valence-electron chi connectivity index (χ3n) is 5.25. The Kier molecular flexibility index (Phi) is 6.40. The Morgan fingerprint density at radius 2 is 1.74 bits per heavy atom. The van der Waals surface area contributed by atoms with Crippen molar-refractivity contribution in [2.24, 2.45) is 0 Å². The van der Waals surface area contributed by atoms with E-state index in [9.17, 15) is 9.59 Å². The third kappa shape index (κ3) is 4.52. The summed E-state index contributed by atoms with van der Waals surface area (Å²) in [6.45, 7) is 1.83. The van der Waals surface area contributed by atoms with Crippen molar-refractivity contribution in [1.82, 2.24) is 9.55 Å². The van der Waals surface area contributed by atoms with Gasteiger partial charge in [0, 0.05) is 11.8 Å². The van der Waals surface area contributed by atoms with Gasteiger partial charge in [0.05, 0.1) is 27.0 Å². The molecule has 0 aliphatic carbocycles. The van der Waals surface area contributed by atoms with Gasteiger partial charge in [0.1, 0.15) is 11.5 Å². The molecule has 0 spiro atoms. The van der Waals surface area contributed by atoms with Gasteiger partial charge in [0.15, 0.2) is 23.0 Å². The van der Waals surface area contributed by atoms with Gasteiger partial charge in [-0.15, -0.1) is 0 Å². The highest BCUT2D eigenvalue weighted by Gasteiger charge is 2.13. The van der Waals surface area contributed by atoms with Gasteiger partial charge in [-0.05, 0) is 55.0 Å². The lowest BCUT2D eigenvalue weighted by Crippen LogP contribution is -2.14. The Labute approximate surface area is 196 Å². The van der Waals surface area contributed by atoms with E-state index in [-0.39, 0.29) is 11.5 Å². The Hall–Kier alpha value is -4.46. The number of allylic oxidation sites excluding steroid dienone is 1. The van der Waals surface area contributed by atoms with E-state index < -0.39 is 0 Å². The van der Waals surface area contributed by atoms with Gasteiger partial charge in [0.25, 0.3) is 0 Å². The molecule has 0 amide bonds. The zero-order chi connectivity index (χ0) is 24.2. The maximum Gasteiger partial charge on any atom is 0.330 e. The number of furan rings is 1. The Morgan fingerprint density at radius 1 is 1.00 bits per heavy atom. The molecular weight excluding hydrogens is 436 g/mol. The van der Waals surface area contributed by atoms with Crippen LogP contribution in [0.5, 0.6) is 17.2 Å². The van der Waals surface area contributed by atoms with E-state index in [0.29, 0.717) is 45.5 Å². The fourth-order valence-corrected chi connectivity index (χ4v) is 3.57. The molecule has 0 aliphatic rings. The summed E-state index contributed by atoms with van der Waals surface area (Å²) < 4.78 is 23.1. The number of carbonyl (C=O) groups excluding carboxylic acids is 1. The van der Waals surface area contributed by atoms with Gasteiger partial charge in [-0.25, -0.2) is 4.79 Å². The molecule has 8 heteroatoms. The van der Waals surface area contributed by atoms with Gasteiger partial charge in [-0.3, -0.25) is 9.36 Å². The van der Waals surface area contributed by atoms with Crippen LogP contribution >= 0.6 is 0 Å². The van der Waals surface area contributed by atoms with Crippen LogP contribution in [0.15, 0.2) is 70.0 Å². The van der Waals surface area contributed by atoms with Gasteiger partial charge in [-0.2, -0.15) is 0 Å². The second kappa shape index (κ2) is 9.58. The highest BCUT2D eigenvalue weighted by molar-refractivity contribution is 6.07. The topological polar surface area (TPSA) is 95.7 Å². The molecule has 2 heterocycles. The van der Waals surface area contributed by atoms with E-state index in [1.807, 2.05) is 13.0 Å². The number of rotatable bonds is 8. The quantitative estimate of drug-likeness (QED) is 0.304. The fourth-order valence-electron chi connectivity index (χ4n) is 3.57. The van der Waals surface area contributed by atoms with Crippen LogP contribution in [0, 0.1) is 6.92 Å². The molecule has 2 aromatic carbocycles. The zero-order valence-electron chi connectivity index (χ0n) is 19.2. The minimum atomic E-state index is -0.332. The Morgan fingerprint density at radius 3 is 2.35 bits per heavy atom. The van der Waals surface area contributed by atoms with Crippen LogP contribution < -0.4 is 19.9 Å². The number of hydrogen-bond acceptors (Lipinski definition) is 6. The number of imidazole rings is 1. The smallest absolute Gasteiger partial charge is 0.330 e. The van der Waals surface area contributed by atoms with Crippen LogP contribution in [0.2, 0.25) is 0 Å². The van der Waals surface area contributed by atoms with Crippen LogP contribution in [0.25, 0.3) is 23.2 Å². The summed E-state index contributed by atoms with van der Waals surface area (Å²) in [5, 5.41) is 0. The standard InChI is InChI=1S/C26H24N2O6/c1-16-8-11-22(34-16)20-15-28(26(30)27-20)19-7-5-6-18(14-19)21(29)10-9-17-12-23(31-2)25(33-4)24(13-17)32-3/h5-15H,1-4H3,(H,27,30)/b10-9+. The summed E-state index contributed by atoms with van der Waals surface area (Å²) in [5.74, 6) is 2.54. The first kappa shape index (κ1) is 22.7. The van der Waals surface area contributed by atoms with E-state index in [0.717, 1.165) is 5.76 Å². The van der Waals surface area contributed by atoms with E-state index >= 15 is 0 Å². The summed E-state index contributed by atoms with van der Waals surface area (Å²) in [7, 11) is 4.59. The highest BCUT2D eigenvalue weighted by atomic mass is 16.5. The minimum absolute atomic E-state index is 0.221. The first-order chi connectivity index (χ1) is 16.4. The van der Waals surface area contributed by atoms with Crippen molar-refractivity contribution in [2.75, 3.05) is 21.3 Å². The maximum atomic E-state index is 12.9. The summed E-state index contributed by atoms with van der Waals surface area (Å²) in [5.41, 5.74) is 1.92. The zero-order valence-corrected chi connectivity index (χ0v) is 19.2. The highest BCUT2D eigenvalue weighted by Crippen LogP contribution is 2.38. The summed E-state index contributed by atoms with van der Waals surface area (Å²) >= 11 is 0. The first-order valence-corrected chi connectivity index (χ1v) is 10.4. The molecule has 4 rings (SSSR count). The van der Waals surface area contributed by atoms with Gasteiger partial charge >= 0.3 is 5.69 Å². The van der Waals surface area contributed by atoms with Gasteiger partial charge < -0.3 is 23.6 Å². The molecule has 1 N–H and O–H groups in total. The lowest BCUT2D eigenvalue weighted by atomic mass is 10.1. The Bertz CT molecular complexity index is 1400. The first-order valence-electron chi connectivity index (χ1n) is 10.4. The SMILES string of the molecule is COc1cc(/C=C/C(=O)c2cccc(-n3cc(-c4ccc(C)o4)[nH]c3=O)c2)cc(OC)c1OC. The van der Waals surface area contributed by atoms with Gasteiger partial charge in [-0.1, -0.05) is 18.2 Å². The number of nitrogens with zero attached hydrogens (tertiary/aromatic N) is 1. The minimum Gasteiger partial charge on any atom is -0.493 e. The lowest BCUT2D eigenvalue weighted by Gasteiger charge is -2.12. The normalized spacial score (nSPS) is 11.1. The molecule has 0 radical (unpaired) electrons. The van der Waals surface area contributed by atoms with E-state index in [2.05, 4.69) is 4.98 Å². The van der Waals surface area contributed by atoms with Crippen molar-refractivity contribution in [3.63, 3.8) is 0 Å². The number of nitrogens with one attached hydrogen (secondary N) is 1. The predicted molar refractivity (Wildman–Crippen MR) is 128 cm³/mol. The molecule has 0 saturated carbocycles. The van der Waals surface area contributed by atoms with Crippen molar-refractivity contribution in [1.29, 1.82) is 0 Å². The van der Waals surface area contributed by atoms with Crippen LogP contribution in [-0.2, 0) is 0 Å². The monoisotopic (exact) mass is 460 g/mol. The number of aromatic amines is 1. The number of aryl methyl sites for hydroxylation is 1. The van der Waals surface area contributed by atoms with Crippen molar-refractivity contribution in [3.8, 4) is 34.4 Å². The number of H-pyrrole nitrogens is 1. The number of methoxy groups -OCH3 is 3. The number of benzene rings is 2. The molecule has 34 heavy (non-hydrogen) atoms. The van der Waals surface area contributed by atoms with Crippen LogP contribution in [0.1, 0.15) is 21.7 Å². The van der Waals surface area contributed by atoms with Crippen LogP contribution in [0.4, 0.5) is 0 Å². The van der Waals surface area contributed by atoms with E-state index in [1.165, 1.54) is 32.0 Å². The van der Waals surface area contributed by atoms with Crippen molar-refractivity contribution in [3.05, 3.63) is 88.2 Å². The number of carbonyl (C=O) groups is 1. The molecule has 0 saturated heterocycles. The molecule has 174 valence electrons. The van der Waals surface area contributed by atoms with Crippen LogP contribution in [0.3, 0.4) is 0 Å². The molecular formula is C26H24N2O6. The van der Waals surface area contributed by atoms with Crippen molar-refractivity contribution < 1.29 is 23.4 Å². The maximum absolute atomic E-state index is 12.9. The number of hydrogen-bond donors (Lipinski definition) is 1. The third-order valence-corrected chi connectivity index (χ3v) is 5.25. The molecule has 0 atom stereocenters. The molecule has 4 aromatic rings. The molecule has 2 aromatic heterocycles. The largest absolute Gasteiger partial charge is 0.493 e. The summed E-state index contributed by atoms with van der Waals surface area (Å²) in [6.07, 6.45) is 4.77. The molecule has 8 nitrogen and oxygen atoms in total. The predicted octanol–water partition coefficient (Wildman–Crippen LogP) is 4.66. The van der Waals surface area contributed by atoms with E-state index in [4.69, 9.17) is 18.6 Å². The Balaban J connectivity index is 1.60. The fraction of sp³-hybridized carbons (Fsp3) is 0.154. The van der Waals surface area contributed by atoms with Crippen LogP contribution in [-0.4, -0.2) is 36.7 Å². The second-order valence-electron chi connectivity index (χ2n) is 7.46. The molecule has 0 bridgehead atoms. The van der Waals surface area contributed by atoms with Gasteiger partial charge in [0.2, 0.25) is 5.75 Å². The molecule has 0 unspecified atom stereocenters. The molecule has 0 fully saturated rings. The lowest BCUT2D eigenvalue weighted by molar-refractivity contribution is 0.104. The average Bonchev–Trinajstić information content (AvgIpc) is 3.47. The number of ether oxygens (including phenoxy) is 3. The van der Waals surface area contributed by atoms with Crippen molar-refractivity contribution in [2.45, 2.75) is 6.92 Å². The van der Waals surface area contributed by atoms with E-state index in [1.54, 1.807) is 54.7 Å². The summed E-state index contributed by atoms with van der Waals surface area (Å²) in [4.78, 5) is 28.2. The second-order valence-corrected chi connectivity index (χ2v) is 7.46. The average molecular weight is 460 g/mol. The number of ketones is 1. The number of aromatic nitrogens is 2.